The molecule has 1 aromatic rings. The van der Waals surface area contributed by atoms with Crippen LogP contribution in [0.3, 0.4) is 0 Å². The Labute approximate surface area is 91.9 Å². The van der Waals surface area contributed by atoms with Gasteiger partial charge >= 0.3 is 11.7 Å². The Kier molecular flexibility index (Phi) is 3.61. The molecular formula is C8H5F3N2O4. The molecule has 0 fully saturated rings. The Morgan fingerprint density at radius 2 is 2.18 bits per heavy atom. The van der Waals surface area contributed by atoms with Gasteiger partial charge in [-0.3, -0.25) is 14.9 Å². The van der Waals surface area contributed by atoms with Crippen molar-refractivity contribution >= 4 is 11.7 Å². The molecule has 0 unspecified atom stereocenters. The number of nitrogens with zero attached hydrogens (tertiary/aromatic N) is 2. The number of carboxylic acid groups (broad SMARTS) is 1. The zero-order valence-corrected chi connectivity index (χ0v) is 8.06. The zero-order chi connectivity index (χ0) is 13.2. The maximum Gasteiger partial charge on any atom is 0.332 e. The standard InChI is InChI=1S/C8H5F3N2O4/c9-5-3(1-4(14)15)2-12-6(8(10)11)7(5)13(16)17/h2,8H,1H2,(H,14,15). The van der Waals surface area contributed by atoms with Crippen molar-refractivity contribution in [2.24, 2.45) is 0 Å². The van der Waals surface area contributed by atoms with Crippen LogP contribution in [-0.4, -0.2) is 21.0 Å². The fourth-order valence-electron chi connectivity index (χ4n) is 1.15. The van der Waals surface area contributed by atoms with Crippen LogP contribution in [0.25, 0.3) is 0 Å². The van der Waals surface area contributed by atoms with Gasteiger partial charge in [-0.15, -0.1) is 0 Å². The lowest BCUT2D eigenvalue weighted by molar-refractivity contribution is -0.389. The van der Waals surface area contributed by atoms with Crippen LogP contribution < -0.4 is 0 Å². The topological polar surface area (TPSA) is 93.3 Å². The minimum Gasteiger partial charge on any atom is -0.481 e. The fraction of sp³-hybridized carbons (Fsp3) is 0.250. The van der Waals surface area contributed by atoms with Gasteiger partial charge in [-0.05, 0) is 0 Å². The summed E-state index contributed by atoms with van der Waals surface area (Å²) in [4.78, 5) is 22.4. The maximum atomic E-state index is 13.4. The van der Waals surface area contributed by atoms with Gasteiger partial charge in [0.05, 0.1) is 11.3 Å². The number of hydrogen-bond acceptors (Lipinski definition) is 4. The molecule has 0 aliphatic heterocycles. The summed E-state index contributed by atoms with van der Waals surface area (Å²) in [6, 6.07) is 0. The summed E-state index contributed by atoms with van der Waals surface area (Å²) in [6.07, 6.45) is -3.63. The van der Waals surface area contributed by atoms with Gasteiger partial charge in [-0.2, -0.15) is 4.39 Å². The molecule has 1 N–H and O–H groups in total. The van der Waals surface area contributed by atoms with Gasteiger partial charge in [-0.1, -0.05) is 0 Å². The lowest BCUT2D eigenvalue weighted by atomic mass is 10.1. The van der Waals surface area contributed by atoms with Crippen molar-refractivity contribution in [2.75, 3.05) is 0 Å². The minimum absolute atomic E-state index is 0.554. The van der Waals surface area contributed by atoms with E-state index in [0.29, 0.717) is 6.20 Å². The van der Waals surface area contributed by atoms with Crippen molar-refractivity contribution < 1.29 is 28.0 Å². The van der Waals surface area contributed by atoms with E-state index in [2.05, 4.69) is 4.98 Å². The first-order valence-electron chi connectivity index (χ1n) is 4.16. The molecule has 0 spiro atoms. The van der Waals surface area contributed by atoms with Crippen LogP contribution in [0.1, 0.15) is 17.7 Å². The van der Waals surface area contributed by atoms with Gasteiger partial charge in [0.2, 0.25) is 5.82 Å². The number of hydrogen-bond donors (Lipinski definition) is 1. The van der Waals surface area contributed by atoms with Gasteiger partial charge in [-0.25, -0.2) is 13.8 Å². The number of carboxylic acids is 1. The second-order valence-electron chi connectivity index (χ2n) is 2.96. The molecule has 92 valence electrons. The van der Waals surface area contributed by atoms with E-state index in [1.165, 1.54) is 0 Å². The second kappa shape index (κ2) is 4.76. The molecule has 0 aromatic carbocycles. The molecule has 0 radical (unpaired) electrons. The third-order valence-electron chi connectivity index (χ3n) is 1.82. The van der Waals surface area contributed by atoms with Gasteiger partial charge < -0.3 is 5.11 Å². The Balaban J connectivity index is 3.38. The third-order valence-corrected chi connectivity index (χ3v) is 1.82. The highest BCUT2D eigenvalue weighted by Crippen LogP contribution is 2.30. The number of nitro groups is 1. The van der Waals surface area contributed by atoms with Crippen molar-refractivity contribution in [1.82, 2.24) is 4.98 Å². The molecule has 0 aliphatic rings. The quantitative estimate of drug-likeness (QED) is 0.648. The summed E-state index contributed by atoms with van der Waals surface area (Å²) in [5.41, 5.74) is -3.42. The predicted molar refractivity (Wildman–Crippen MR) is 47.1 cm³/mol. The molecule has 0 aliphatic carbocycles. The van der Waals surface area contributed by atoms with Crippen LogP contribution in [0.4, 0.5) is 18.9 Å². The number of halogens is 3. The van der Waals surface area contributed by atoms with E-state index in [4.69, 9.17) is 5.11 Å². The highest BCUT2D eigenvalue weighted by molar-refractivity contribution is 5.70. The van der Waals surface area contributed by atoms with E-state index < -0.39 is 46.5 Å². The number of rotatable bonds is 4. The van der Waals surface area contributed by atoms with Crippen molar-refractivity contribution in [3.8, 4) is 0 Å². The molecule has 0 saturated carbocycles. The summed E-state index contributed by atoms with van der Waals surface area (Å²) < 4.78 is 38.1. The summed E-state index contributed by atoms with van der Waals surface area (Å²) in [6.45, 7) is 0. The number of pyridine rings is 1. The molecule has 0 amide bonds. The minimum atomic E-state index is -3.32. The molecule has 9 heteroatoms. The highest BCUT2D eigenvalue weighted by Gasteiger charge is 2.30. The smallest absolute Gasteiger partial charge is 0.332 e. The molecule has 1 aromatic heterocycles. The number of carbonyl (C=O) groups is 1. The fourth-order valence-corrected chi connectivity index (χ4v) is 1.15. The van der Waals surface area contributed by atoms with E-state index in [9.17, 15) is 28.1 Å². The van der Waals surface area contributed by atoms with Crippen LogP contribution in [-0.2, 0) is 11.2 Å². The maximum absolute atomic E-state index is 13.4. The molecule has 6 nitrogen and oxygen atoms in total. The van der Waals surface area contributed by atoms with Crippen LogP contribution in [0.5, 0.6) is 0 Å². The molecule has 1 rings (SSSR count). The van der Waals surface area contributed by atoms with Crippen LogP contribution in [0, 0.1) is 15.9 Å². The molecular weight excluding hydrogens is 245 g/mol. The molecule has 0 bridgehead atoms. The van der Waals surface area contributed by atoms with Crippen molar-refractivity contribution in [3.05, 3.63) is 33.4 Å². The average molecular weight is 250 g/mol. The van der Waals surface area contributed by atoms with Crippen molar-refractivity contribution in [2.45, 2.75) is 12.8 Å². The third kappa shape index (κ3) is 2.68. The van der Waals surface area contributed by atoms with E-state index >= 15 is 0 Å². The highest BCUT2D eigenvalue weighted by atomic mass is 19.3. The summed E-state index contributed by atoms with van der Waals surface area (Å²) in [7, 11) is 0. The first-order valence-corrected chi connectivity index (χ1v) is 4.16. The molecule has 1 heterocycles. The normalized spacial score (nSPS) is 10.6. The Bertz CT molecular complexity index is 478. The van der Waals surface area contributed by atoms with Gasteiger partial charge in [0.15, 0.2) is 5.69 Å². The molecule has 0 atom stereocenters. The average Bonchev–Trinajstić information content (AvgIpc) is 2.19. The number of aliphatic carboxylic acids is 1. The van der Waals surface area contributed by atoms with Crippen molar-refractivity contribution in [3.63, 3.8) is 0 Å². The van der Waals surface area contributed by atoms with E-state index in [1.807, 2.05) is 0 Å². The van der Waals surface area contributed by atoms with Crippen LogP contribution in [0.2, 0.25) is 0 Å². The first kappa shape index (κ1) is 12.9. The SMILES string of the molecule is O=C(O)Cc1cnc(C(F)F)c([N+](=O)[O-])c1F. The zero-order valence-electron chi connectivity index (χ0n) is 8.06. The first-order chi connectivity index (χ1) is 7.84. The van der Waals surface area contributed by atoms with E-state index in [0.717, 1.165) is 0 Å². The van der Waals surface area contributed by atoms with Crippen LogP contribution in [0.15, 0.2) is 6.20 Å². The van der Waals surface area contributed by atoms with Crippen molar-refractivity contribution in [1.29, 1.82) is 0 Å². The summed E-state index contributed by atoms with van der Waals surface area (Å²) in [5.74, 6) is -3.05. The number of aromatic nitrogens is 1. The second-order valence-corrected chi connectivity index (χ2v) is 2.96. The summed E-state index contributed by atoms with van der Waals surface area (Å²) in [5, 5.41) is 18.8. The van der Waals surface area contributed by atoms with E-state index in [-0.39, 0.29) is 0 Å². The monoisotopic (exact) mass is 250 g/mol. The lowest BCUT2D eigenvalue weighted by Gasteiger charge is -2.04. The predicted octanol–water partition coefficient (Wildman–Crippen LogP) is 1.69. The Morgan fingerprint density at radius 1 is 1.59 bits per heavy atom. The van der Waals surface area contributed by atoms with Gasteiger partial charge in [0.1, 0.15) is 0 Å². The van der Waals surface area contributed by atoms with Gasteiger partial charge in [0, 0.05) is 11.8 Å². The molecule has 0 saturated heterocycles. The van der Waals surface area contributed by atoms with Gasteiger partial charge in [0.25, 0.3) is 6.43 Å². The molecule has 17 heavy (non-hydrogen) atoms. The Morgan fingerprint density at radius 3 is 2.59 bits per heavy atom. The van der Waals surface area contributed by atoms with Crippen LogP contribution >= 0.6 is 0 Å². The van der Waals surface area contributed by atoms with E-state index in [1.54, 1.807) is 0 Å². The summed E-state index contributed by atoms with van der Waals surface area (Å²) >= 11 is 0. The Hall–Kier alpha value is -2.19. The lowest BCUT2D eigenvalue weighted by Crippen LogP contribution is -2.09. The number of alkyl halides is 2. The largest absolute Gasteiger partial charge is 0.481 e.